The van der Waals surface area contributed by atoms with Gasteiger partial charge in [-0.1, -0.05) is 72.7 Å². The maximum absolute atomic E-state index is 12.7. The maximum Gasteiger partial charge on any atom is 0.286 e. The van der Waals surface area contributed by atoms with Crippen LogP contribution in [-0.2, 0) is 33.9 Å². The summed E-state index contributed by atoms with van der Waals surface area (Å²) in [6.45, 7) is 0.465. The Morgan fingerprint density at radius 1 is 1.06 bits per heavy atom. The molecule has 1 amide bonds. The normalized spacial score (nSPS) is 18.0. The molecule has 35 heavy (non-hydrogen) atoms. The summed E-state index contributed by atoms with van der Waals surface area (Å²) in [6, 6.07) is 22.6. The number of carbonyl (C=O) groups excluding carboxylic acids is 1. The van der Waals surface area contributed by atoms with E-state index in [1.165, 1.54) is 22.3 Å². The lowest BCUT2D eigenvalue weighted by Crippen LogP contribution is -2.33. The third kappa shape index (κ3) is 5.00. The minimum Gasteiger partial charge on any atom is -0.459 e. The van der Waals surface area contributed by atoms with Gasteiger partial charge >= 0.3 is 0 Å². The van der Waals surface area contributed by atoms with Crippen molar-refractivity contribution in [1.82, 2.24) is 5.32 Å². The quantitative estimate of drug-likeness (QED) is 0.396. The fourth-order valence-corrected chi connectivity index (χ4v) is 4.69. The molecule has 0 fully saturated rings. The first-order chi connectivity index (χ1) is 17.1. The Bertz CT molecular complexity index is 1300. The second kappa shape index (κ2) is 10.2. The molecule has 1 aliphatic carbocycles. The van der Waals surface area contributed by atoms with Gasteiger partial charge in [-0.2, -0.15) is 0 Å². The summed E-state index contributed by atoms with van der Waals surface area (Å²) < 4.78 is 12.0. The number of amides is 1. The zero-order chi connectivity index (χ0) is 24.2. The largest absolute Gasteiger partial charge is 0.459 e. The molecule has 2 atom stereocenters. The minimum absolute atomic E-state index is 0.00133. The van der Waals surface area contributed by atoms with Gasteiger partial charge in [0.1, 0.15) is 0 Å². The van der Waals surface area contributed by atoms with Crippen molar-refractivity contribution in [2.24, 2.45) is 0 Å². The molecule has 0 saturated carbocycles. The topological polar surface area (TPSA) is 67.8 Å². The number of aliphatic hydroxyl groups is 1. The van der Waals surface area contributed by atoms with E-state index in [-0.39, 0.29) is 30.7 Å². The lowest BCUT2D eigenvalue weighted by atomic mass is 9.90. The average Bonchev–Trinajstić information content (AvgIpc) is 3.28. The van der Waals surface area contributed by atoms with E-state index in [4.69, 9.17) is 15.9 Å². The van der Waals surface area contributed by atoms with Crippen molar-refractivity contribution in [3.05, 3.63) is 106 Å². The maximum atomic E-state index is 12.7. The highest BCUT2D eigenvalue weighted by molar-refractivity contribution is 5.92. The lowest BCUT2D eigenvalue weighted by molar-refractivity contribution is -0.150. The van der Waals surface area contributed by atoms with Gasteiger partial charge in [0.2, 0.25) is 6.29 Å². The summed E-state index contributed by atoms with van der Waals surface area (Å²) in [5, 5.41) is 11.9. The van der Waals surface area contributed by atoms with Crippen LogP contribution in [0.25, 0.3) is 11.1 Å². The van der Waals surface area contributed by atoms with Gasteiger partial charge in [-0.05, 0) is 51.4 Å². The number of aliphatic hydroxyl groups excluding tert-OH is 1. The number of nitrogens with one attached hydrogen (secondary N) is 1. The molecule has 0 radical (unpaired) electrons. The molecule has 3 aromatic rings. The second-order valence-corrected chi connectivity index (χ2v) is 8.84. The molecular weight excluding hydrogens is 438 g/mol. The van der Waals surface area contributed by atoms with Crippen LogP contribution in [0.1, 0.15) is 40.2 Å². The van der Waals surface area contributed by atoms with Crippen molar-refractivity contribution >= 4 is 5.91 Å². The number of fused-ring (bicyclic) bond motifs is 3. The van der Waals surface area contributed by atoms with Gasteiger partial charge in [0.25, 0.3) is 5.91 Å². The Hall–Kier alpha value is -3.85. The van der Waals surface area contributed by atoms with Crippen LogP contribution >= 0.6 is 0 Å². The van der Waals surface area contributed by atoms with Crippen LogP contribution in [0, 0.1) is 12.3 Å². The van der Waals surface area contributed by atoms with Crippen molar-refractivity contribution in [2.75, 3.05) is 6.54 Å². The molecule has 0 aromatic heterocycles. The fourth-order valence-electron chi connectivity index (χ4n) is 4.69. The lowest BCUT2D eigenvalue weighted by Gasteiger charge is -2.29. The number of allylic oxidation sites excluding steroid dienone is 1. The molecule has 0 saturated heterocycles. The highest BCUT2D eigenvalue weighted by Gasteiger charge is 2.29. The Morgan fingerprint density at radius 3 is 2.63 bits per heavy atom. The summed E-state index contributed by atoms with van der Waals surface area (Å²) >= 11 is 0. The first kappa shape index (κ1) is 22.9. The van der Waals surface area contributed by atoms with Crippen LogP contribution in [0.3, 0.4) is 0 Å². The Kier molecular flexibility index (Phi) is 6.67. The number of carbonyl (C=O) groups is 1. The van der Waals surface area contributed by atoms with E-state index in [1.807, 2.05) is 30.3 Å². The van der Waals surface area contributed by atoms with E-state index >= 15 is 0 Å². The first-order valence-electron chi connectivity index (χ1n) is 11.8. The number of rotatable bonds is 7. The predicted octanol–water partition coefficient (Wildman–Crippen LogP) is 4.43. The molecule has 2 N–H and O–H groups in total. The fraction of sp³-hybridized carbons (Fsp3) is 0.233. The number of hydrogen-bond donors (Lipinski definition) is 2. The zero-order valence-corrected chi connectivity index (χ0v) is 19.4. The summed E-state index contributed by atoms with van der Waals surface area (Å²) in [6.07, 6.45) is 8.09. The summed E-state index contributed by atoms with van der Waals surface area (Å²) in [5.74, 6) is 2.26. The Balaban J connectivity index is 1.36. The second-order valence-electron chi connectivity index (χ2n) is 8.84. The van der Waals surface area contributed by atoms with E-state index in [2.05, 4.69) is 53.7 Å². The van der Waals surface area contributed by atoms with Crippen molar-refractivity contribution in [3.63, 3.8) is 0 Å². The molecular formula is C30H27NO4. The van der Waals surface area contributed by atoms with E-state index in [9.17, 15) is 9.90 Å². The molecule has 5 heteroatoms. The molecule has 3 aromatic carbocycles. The van der Waals surface area contributed by atoms with Crippen LogP contribution in [0.4, 0.5) is 0 Å². The Labute approximate surface area is 205 Å². The number of benzene rings is 3. The van der Waals surface area contributed by atoms with Gasteiger partial charge in [-0.3, -0.25) is 4.79 Å². The van der Waals surface area contributed by atoms with E-state index in [0.29, 0.717) is 13.0 Å². The SMILES string of the molecule is C#CCNC(=O)C1=C[C@@H](c2ccc3c(c2)Cc2ccccc2-3)C[C@@H](OCc2ccc(CO)cc2)O1. The monoisotopic (exact) mass is 465 g/mol. The third-order valence-corrected chi connectivity index (χ3v) is 6.52. The smallest absolute Gasteiger partial charge is 0.286 e. The van der Waals surface area contributed by atoms with Crippen molar-refractivity contribution in [1.29, 1.82) is 0 Å². The van der Waals surface area contributed by atoms with Crippen LogP contribution in [-0.4, -0.2) is 23.8 Å². The number of hydrogen-bond acceptors (Lipinski definition) is 4. The molecule has 2 aliphatic rings. The van der Waals surface area contributed by atoms with E-state index in [0.717, 1.165) is 23.1 Å². The highest BCUT2D eigenvalue weighted by atomic mass is 16.7. The molecule has 176 valence electrons. The van der Waals surface area contributed by atoms with Crippen molar-refractivity contribution < 1.29 is 19.4 Å². The van der Waals surface area contributed by atoms with Crippen LogP contribution in [0.2, 0.25) is 0 Å². The molecule has 1 aliphatic heterocycles. The molecule has 0 unspecified atom stereocenters. The third-order valence-electron chi connectivity index (χ3n) is 6.52. The summed E-state index contributed by atoms with van der Waals surface area (Å²) in [5.41, 5.74) is 8.13. The standard InChI is InChI=1S/C30H27NO4/c1-2-13-31-30(33)28-16-24(17-29(35-28)34-19-21-9-7-20(18-32)8-10-21)22-11-12-27-25(14-22)15-23-5-3-4-6-26(23)27/h1,3-12,14,16,24,29,32H,13,15,17-19H2,(H,31,33)/t24-,29+/m1/s1. The predicted molar refractivity (Wildman–Crippen MR) is 134 cm³/mol. The van der Waals surface area contributed by atoms with Crippen molar-refractivity contribution in [2.45, 2.75) is 38.3 Å². The first-order valence-corrected chi connectivity index (χ1v) is 11.8. The highest BCUT2D eigenvalue weighted by Crippen LogP contribution is 2.39. The van der Waals surface area contributed by atoms with Crippen LogP contribution in [0.5, 0.6) is 0 Å². The molecule has 5 rings (SSSR count). The zero-order valence-electron chi connectivity index (χ0n) is 19.4. The van der Waals surface area contributed by atoms with Gasteiger partial charge in [-0.15, -0.1) is 6.42 Å². The average molecular weight is 466 g/mol. The van der Waals surface area contributed by atoms with E-state index < -0.39 is 6.29 Å². The minimum atomic E-state index is -0.584. The van der Waals surface area contributed by atoms with E-state index in [1.54, 1.807) is 0 Å². The van der Waals surface area contributed by atoms with Crippen LogP contribution in [0.15, 0.2) is 78.6 Å². The molecule has 1 heterocycles. The Morgan fingerprint density at radius 2 is 1.83 bits per heavy atom. The molecule has 5 nitrogen and oxygen atoms in total. The van der Waals surface area contributed by atoms with Gasteiger partial charge in [0, 0.05) is 12.3 Å². The number of terminal acetylenes is 1. The van der Waals surface area contributed by atoms with Gasteiger partial charge < -0.3 is 19.9 Å². The summed E-state index contributed by atoms with van der Waals surface area (Å²) in [7, 11) is 0. The molecule has 0 spiro atoms. The van der Waals surface area contributed by atoms with Gasteiger partial charge in [0.15, 0.2) is 5.76 Å². The molecule has 0 bridgehead atoms. The van der Waals surface area contributed by atoms with Crippen LogP contribution < -0.4 is 5.32 Å². The van der Waals surface area contributed by atoms with Gasteiger partial charge in [0.05, 0.1) is 19.8 Å². The summed E-state index contributed by atoms with van der Waals surface area (Å²) in [4.78, 5) is 12.7. The van der Waals surface area contributed by atoms with Crippen molar-refractivity contribution in [3.8, 4) is 23.5 Å². The van der Waals surface area contributed by atoms with Gasteiger partial charge in [-0.25, -0.2) is 0 Å². The number of ether oxygens (including phenoxy) is 2.